The predicted molar refractivity (Wildman–Crippen MR) is 81.2 cm³/mol. The fraction of sp³-hybridized carbons (Fsp3) is 0.615. The minimum absolute atomic E-state index is 0.113. The molecule has 114 valence electrons. The highest BCUT2D eigenvalue weighted by atomic mass is 79.9. The van der Waals surface area contributed by atoms with Crippen LogP contribution in [0.25, 0.3) is 0 Å². The van der Waals surface area contributed by atoms with Crippen LogP contribution >= 0.6 is 27.3 Å². The molecule has 2 aliphatic rings. The maximum absolute atomic E-state index is 12.1. The zero-order chi connectivity index (χ0) is 14.9. The van der Waals surface area contributed by atoms with Crippen molar-refractivity contribution in [3.63, 3.8) is 0 Å². The van der Waals surface area contributed by atoms with Crippen LogP contribution in [0.1, 0.15) is 29.8 Å². The zero-order valence-electron chi connectivity index (χ0n) is 11.4. The summed E-state index contributed by atoms with van der Waals surface area (Å²) in [4.78, 5) is 28.1. The van der Waals surface area contributed by atoms with Crippen molar-refractivity contribution < 1.29 is 14.3 Å². The lowest BCUT2D eigenvalue weighted by Crippen LogP contribution is -2.39. The summed E-state index contributed by atoms with van der Waals surface area (Å²) < 4.78 is 6.15. The second-order valence-corrected chi connectivity index (χ2v) is 7.62. The van der Waals surface area contributed by atoms with Crippen molar-refractivity contribution in [2.45, 2.75) is 25.4 Å². The van der Waals surface area contributed by atoms with Crippen LogP contribution in [0.2, 0.25) is 0 Å². The van der Waals surface area contributed by atoms with Crippen molar-refractivity contribution in [2.24, 2.45) is 5.41 Å². The van der Waals surface area contributed by atoms with Gasteiger partial charge in [-0.3, -0.25) is 9.59 Å². The Balaban J connectivity index is 1.56. The van der Waals surface area contributed by atoms with Crippen LogP contribution in [-0.4, -0.2) is 42.6 Å². The fourth-order valence-corrected chi connectivity index (χ4v) is 3.98. The van der Waals surface area contributed by atoms with Gasteiger partial charge in [0.15, 0.2) is 5.69 Å². The van der Waals surface area contributed by atoms with E-state index in [1.54, 1.807) is 5.51 Å². The molecule has 2 saturated heterocycles. The van der Waals surface area contributed by atoms with Crippen molar-refractivity contribution in [2.75, 3.05) is 19.6 Å². The van der Waals surface area contributed by atoms with Gasteiger partial charge in [-0.25, -0.2) is 4.98 Å². The lowest BCUT2D eigenvalue weighted by atomic mass is 9.76. The Morgan fingerprint density at radius 1 is 1.57 bits per heavy atom. The third-order valence-electron chi connectivity index (χ3n) is 4.12. The monoisotopic (exact) mass is 373 g/mol. The number of carbonyl (C=O) groups excluding carboxylic acids is 2. The third-order valence-corrected chi connectivity index (χ3v) is 5.66. The Labute approximate surface area is 134 Å². The first-order valence-electron chi connectivity index (χ1n) is 6.90. The third kappa shape index (κ3) is 2.97. The lowest BCUT2D eigenvalue weighted by molar-refractivity contribution is -0.149. The highest BCUT2D eigenvalue weighted by molar-refractivity contribution is 9.11. The molecule has 2 N–H and O–H groups in total. The molecule has 8 heteroatoms. The van der Waals surface area contributed by atoms with Gasteiger partial charge in [0.1, 0.15) is 9.89 Å². The molecule has 1 amide bonds. The molecule has 0 aliphatic carbocycles. The Morgan fingerprint density at radius 2 is 2.33 bits per heavy atom. The second kappa shape index (κ2) is 6.02. The van der Waals surface area contributed by atoms with Crippen LogP contribution < -0.4 is 10.6 Å². The summed E-state index contributed by atoms with van der Waals surface area (Å²) in [6.45, 7) is 2.03. The number of halogens is 1. The summed E-state index contributed by atoms with van der Waals surface area (Å²) in [7, 11) is 0. The van der Waals surface area contributed by atoms with Gasteiger partial charge >= 0.3 is 5.97 Å². The predicted octanol–water partition coefficient (Wildman–Crippen LogP) is 1.32. The maximum Gasteiger partial charge on any atom is 0.312 e. The van der Waals surface area contributed by atoms with E-state index in [0.717, 1.165) is 25.9 Å². The summed E-state index contributed by atoms with van der Waals surface area (Å²) in [5, 5.41) is 6.05. The standard InChI is InChI=1S/C13H16BrN3O3S/c14-10-9(17-7-21-10)11(18)16-6-8-5-13(12(19)20-8)1-3-15-4-2-13/h7-8,15H,1-6H2,(H,16,18). The van der Waals surface area contributed by atoms with Crippen LogP contribution in [-0.2, 0) is 9.53 Å². The molecule has 1 aromatic heterocycles. The maximum atomic E-state index is 12.1. The number of aromatic nitrogens is 1. The van der Waals surface area contributed by atoms with E-state index in [9.17, 15) is 9.59 Å². The molecule has 1 atom stereocenters. The average molecular weight is 374 g/mol. The average Bonchev–Trinajstić information content (AvgIpc) is 3.02. The number of esters is 1. The number of nitrogens with zero attached hydrogens (tertiary/aromatic N) is 1. The molecule has 1 spiro atoms. The molecule has 1 aromatic rings. The highest BCUT2D eigenvalue weighted by Gasteiger charge is 2.49. The molecular formula is C13H16BrN3O3S. The van der Waals surface area contributed by atoms with Crippen molar-refractivity contribution >= 4 is 39.1 Å². The van der Waals surface area contributed by atoms with Crippen LogP contribution in [0.3, 0.4) is 0 Å². The summed E-state index contributed by atoms with van der Waals surface area (Å²) in [5.74, 6) is -0.358. The van der Waals surface area contributed by atoms with Crippen molar-refractivity contribution in [3.8, 4) is 0 Å². The van der Waals surface area contributed by atoms with E-state index in [2.05, 4.69) is 31.5 Å². The molecule has 0 aromatic carbocycles. The first-order chi connectivity index (χ1) is 10.1. The SMILES string of the molecule is O=C(NCC1CC2(CCNCC2)C(=O)O1)c1ncsc1Br. The van der Waals surface area contributed by atoms with Gasteiger partial charge in [-0.05, 0) is 41.9 Å². The smallest absolute Gasteiger partial charge is 0.312 e. The molecule has 6 nitrogen and oxygen atoms in total. The number of amides is 1. The Bertz CT molecular complexity index is 557. The Morgan fingerprint density at radius 3 is 3.00 bits per heavy atom. The number of carbonyl (C=O) groups is 2. The van der Waals surface area contributed by atoms with Crippen LogP contribution in [0.4, 0.5) is 0 Å². The normalized spacial score (nSPS) is 24.0. The van der Waals surface area contributed by atoms with Gasteiger partial charge in [-0.2, -0.15) is 0 Å². The molecule has 2 aliphatic heterocycles. The van der Waals surface area contributed by atoms with Gasteiger partial charge < -0.3 is 15.4 Å². The highest BCUT2D eigenvalue weighted by Crippen LogP contribution is 2.41. The topological polar surface area (TPSA) is 80.3 Å². The van der Waals surface area contributed by atoms with Gasteiger partial charge in [0, 0.05) is 6.42 Å². The van der Waals surface area contributed by atoms with Gasteiger partial charge in [0.05, 0.1) is 17.5 Å². The Kier molecular flexibility index (Phi) is 4.28. The van der Waals surface area contributed by atoms with E-state index in [0.29, 0.717) is 22.4 Å². The Hall–Kier alpha value is -0.990. The summed E-state index contributed by atoms with van der Waals surface area (Å²) in [5.41, 5.74) is 1.64. The van der Waals surface area contributed by atoms with Gasteiger partial charge in [-0.15, -0.1) is 11.3 Å². The van der Waals surface area contributed by atoms with E-state index in [1.165, 1.54) is 11.3 Å². The number of cyclic esters (lactones) is 1. The van der Waals surface area contributed by atoms with E-state index in [4.69, 9.17) is 4.74 Å². The van der Waals surface area contributed by atoms with Gasteiger partial charge in [0.25, 0.3) is 5.91 Å². The summed E-state index contributed by atoms with van der Waals surface area (Å²) in [6.07, 6.45) is 2.07. The van der Waals surface area contributed by atoms with E-state index in [1.807, 2.05) is 0 Å². The number of hydrogen-bond donors (Lipinski definition) is 2. The van der Waals surface area contributed by atoms with E-state index in [-0.39, 0.29) is 23.4 Å². The van der Waals surface area contributed by atoms with Gasteiger partial charge in [-0.1, -0.05) is 0 Å². The number of rotatable bonds is 3. The number of thiazole rings is 1. The first kappa shape index (κ1) is 14.9. The van der Waals surface area contributed by atoms with E-state index < -0.39 is 0 Å². The van der Waals surface area contributed by atoms with Gasteiger partial charge in [0.2, 0.25) is 0 Å². The molecule has 21 heavy (non-hydrogen) atoms. The number of piperidine rings is 1. The molecule has 0 saturated carbocycles. The first-order valence-corrected chi connectivity index (χ1v) is 8.57. The molecule has 0 bridgehead atoms. The van der Waals surface area contributed by atoms with Crippen molar-refractivity contribution in [1.82, 2.24) is 15.6 Å². The zero-order valence-corrected chi connectivity index (χ0v) is 13.8. The minimum Gasteiger partial charge on any atom is -0.460 e. The lowest BCUT2D eigenvalue weighted by Gasteiger charge is -2.29. The van der Waals surface area contributed by atoms with Crippen molar-refractivity contribution in [1.29, 1.82) is 0 Å². The minimum atomic E-state index is -0.345. The quantitative estimate of drug-likeness (QED) is 0.781. The molecule has 0 radical (unpaired) electrons. The number of ether oxygens (including phenoxy) is 1. The molecule has 2 fully saturated rings. The summed E-state index contributed by atoms with van der Waals surface area (Å²) >= 11 is 4.65. The molecule has 3 heterocycles. The fourth-order valence-electron chi connectivity index (χ4n) is 2.93. The molecule has 3 rings (SSSR count). The largest absolute Gasteiger partial charge is 0.460 e. The number of nitrogens with one attached hydrogen (secondary N) is 2. The molecule has 1 unspecified atom stereocenters. The van der Waals surface area contributed by atoms with Crippen molar-refractivity contribution in [3.05, 3.63) is 15.0 Å². The van der Waals surface area contributed by atoms with Crippen LogP contribution in [0.5, 0.6) is 0 Å². The summed E-state index contributed by atoms with van der Waals surface area (Å²) in [6, 6.07) is 0. The number of hydrogen-bond acceptors (Lipinski definition) is 6. The van der Waals surface area contributed by atoms with Crippen LogP contribution in [0, 0.1) is 5.41 Å². The second-order valence-electron chi connectivity index (χ2n) is 5.45. The molecular weight excluding hydrogens is 358 g/mol. The van der Waals surface area contributed by atoms with E-state index >= 15 is 0 Å². The van der Waals surface area contributed by atoms with Crippen LogP contribution in [0.15, 0.2) is 9.30 Å².